The average molecular weight is 246 g/mol. The summed E-state index contributed by atoms with van der Waals surface area (Å²) in [5, 5.41) is 13.0. The van der Waals surface area contributed by atoms with E-state index in [0.29, 0.717) is 5.75 Å². The van der Waals surface area contributed by atoms with Crippen LogP contribution in [0.4, 0.5) is 0 Å². The fourth-order valence-electron chi connectivity index (χ4n) is 2.83. The number of nitrogens with zero attached hydrogens (tertiary/aromatic N) is 1. The molecule has 0 aromatic heterocycles. The lowest BCUT2D eigenvalue weighted by Gasteiger charge is -2.35. The van der Waals surface area contributed by atoms with Crippen LogP contribution in [0.2, 0.25) is 0 Å². The second-order valence-electron chi connectivity index (χ2n) is 4.96. The van der Waals surface area contributed by atoms with E-state index in [9.17, 15) is 5.11 Å². The van der Waals surface area contributed by atoms with Gasteiger partial charge in [0.15, 0.2) is 0 Å². The number of phenols is 1. The molecular formula is C15H22N2O. The van der Waals surface area contributed by atoms with Crippen molar-refractivity contribution >= 4 is 0 Å². The van der Waals surface area contributed by atoms with Gasteiger partial charge in [-0.25, -0.2) is 0 Å². The van der Waals surface area contributed by atoms with Gasteiger partial charge in [0, 0.05) is 26.2 Å². The first-order valence-electron chi connectivity index (χ1n) is 6.51. The first kappa shape index (κ1) is 13.1. The predicted molar refractivity (Wildman–Crippen MR) is 75.0 cm³/mol. The summed E-state index contributed by atoms with van der Waals surface area (Å²) in [7, 11) is 0. The molecule has 3 nitrogen and oxygen atoms in total. The number of benzene rings is 1. The van der Waals surface area contributed by atoms with Gasteiger partial charge in [0.1, 0.15) is 5.75 Å². The monoisotopic (exact) mass is 246 g/mol. The summed E-state index contributed by atoms with van der Waals surface area (Å²) < 4.78 is 0. The van der Waals surface area contributed by atoms with Gasteiger partial charge in [-0.3, -0.25) is 4.90 Å². The number of phenolic OH excluding ortho intramolecular Hbond substituents is 1. The Labute approximate surface area is 109 Å². The van der Waals surface area contributed by atoms with Crippen LogP contribution in [0.1, 0.15) is 22.7 Å². The highest BCUT2D eigenvalue weighted by molar-refractivity contribution is 5.43. The molecule has 0 aliphatic carbocycles. The van der Waals surface area contributed by atoms with Crippen LogP contribution in [0.3, 0.4) is 0 Å². The summed E-state index contributed by atoms with van der Waals surface area (Å²) in [6.07, 6.45) is 2.01. The minimum atomic E-state index is 0.243. The highest BCUT2D eigenvalue weighted by Gasteiger charge is 2.22. The Morgan fingerprint density at radius 3 is 2.33 bits per heavy atom. The molecule has 1 atom stereocenters. The summed E-state index contributed by atoms with van der Waals surface area (Å²) >= 11 is 0. The second-order valence-corrected chi connectivity index (χ2v) is 4.96. The fourth-order valence-corrected chi connectivity index (χ4v) is 2.83. The van der Waals surface area contributed by atoms with Crippen LogP contribution >= 0.6 is 0 Å². The maximum absolute atomic E-state index is 9.63. The molecule has 1 saturated heterocycles. The molecule has 0 unspecified atom stereocenters. The molecule has 1 heterocycles. The Hall–Kier alpha value is -1.32. The van der Waals surface area contributed by atoms with Gasteiger partial charge in [0.25, 0.3) is 0 Å². The number of nitrogens with one attached hydrogen (secondary N) is 1. The van der Waals surface area contributed by atoms with Gasteiger partial charge in [0.2, 0.25) is 0 Å². The van der Waals surface area contributed by atoms with Crippen LogP contribution in [0.5, 0.6) is 5.75 Å². The van der Waals surface area contributed by atoms with Crippen molar-refractivity contribution in [2.75, 3.05) is 26.2 Å². The number of hydrogen-bond acceptors (Lipinski definition) is 3. The van der Waals surface area contributed by atoms with Crippen LogP contribution in [-0.2, 0) is 0 Å². The lowest BCUT2D eigenvalue weighted by molar-refractivity contribution is 0.202. The number of aromatic hydroxyl groups is 1. The van der Waals surface area contributed by atoms with Gasteiger partial charge in [-0.05, 0) is 42.7 Å². The number of aryl methyl sites for hydroxylation is 2. The second kappa shape index (κ2) is 5.55. The molecule has 1 aromatic carbocycles. The van der Waals surface area contributed by atoms with Gasteiger partial charge >= 0.3 is 0 Å². The van der Waals surface area contributed by atoms with Crippen molar-refractivity contribution in [2.24, 2.45) is 0 Å². The van der Waals surface area contributed by atoms with Crippen LogP contribution in [0.25, 0.3) is 0 Å². The van der Waals surface area contributed by atoms with Gasteiger partial charge in [-0.1, -0.05) is 6.08 Å². The minimum absolute atomic E-state index is 0.243. The smallest absolute Gasteiger partial charge is 0.116 e. The van der Waals surface area contributed by atoms with Gasteiger partial charge in [0.05, 0.1) is 6.04 Å². The van der Waals surface area contributed by atoms with Gasteiger partial charge < -0.3 is 10.4 Å². The van der Waals surface area contributed by atoms with Crippen molar-refractivity contribution in [2.45, 2.75) is 19.9 Å². The van der Waals surface area contributed by atoms with E-state index in [-0.39, 0.29) is 6.04 Å². The van der Waals surface area contributed by atoms with E-state index in [4.69, 9.17) is 0 Å². The largest absolute Gasteiger partial charge is 0.508 e. The van der Waals surface area contributed by atoms with E-state index in [1.807, 2.05) is 18.2 Å². The summed E-state index contributed by atoms with van der Waals surface area (Å²) in [5.74, 6) is 0.344. The zero-order valence-corrected chi connectivity index (χ0v) is 11.2. The zero-order chi connectivity index (χ0) is 13.1. The average Bonchev–Trinajstić information content (AvgIpc) is 2.34. The molecule has 1 fully saturated rings. The molecule has 1 aromatic rings. The SMILES string of the molecule is C=C[C@@H](c1c(C)cc(O)cc1C)N1CCNCC1. The molecule has 3 heteroatoms. The Morgan fingerprint density at radius 2 is 1.83 bits per heavy atom. The third-order valence-electron chi connectivity index (χ3n) is 3.64. The normalized spacial score (nSPS) is 18.6. The molecule has 2 rings (SSSR count). The summed E-state index contributed by atoms with van der Waals surface area (Å²) in [4.78, 5) is 2.44. The zero-order valence-electron chi connectivity index (χ0n) is 11.2. The molecule has 0 radical (unpaired) electrons. The van der Waals surface area contributed by atoms with Crippen molar-refractivity contribution < 1.29 is 5.11 Å². The maximum Gasteiger partial charge on any atom is 0.116 e. The quantitative estimate of drug-likeness (QED) is 0.802. The fraction of sp³-hybridized carbons (Fsp3) is 0.467. The maximum atomic E-state index is 9.63. The molecule has 0 saturated carbocycles. The van der Waals surface area contributed by atoms with Gasteiger partial charge in [-0.2, -0.15) is 0 Å². The Kier molecular flexibility index (Phi) is 4.04. The van der Waals surface area contributed by atoms with E-state index in [2.05, 4.69) is 30.6 Å². The Balaban J connectivity index is 2.35. The Morgan fingerprint density at radius 1 is 1.28 bits per heavy atom. The molecule has 0 bridgehead atoms. The highest BCUT2D eigenvalue weighted by Crippen LogP contribution is 2.30. The van der Waals surface area contributed by atoms with E-state index in [1.165, 1.54) is 5.56 Å². The molecular weight excluding hydrogens is 224 g/mol. The number of rotatable bonds is 3. The summed E-state index contributed by atoms with van der Waals surface area (Å²) in [6, 6.07) is 3.91. The van der Waals surface area contributed by atoms with Crippen molar-refractivity contribution in [3.05, 3.63) is 41.5 Å². The minimum Gasteiger partial charge on any atom is -0.508 e. The van der Waals surface area contributed by atoms with Crippen molar-refractivity contribution in [1.82, 2.24) is 10.2 Å². The van der Waals surface area contributed by atoms with Crippen LogP contribution in [-0.4, -0.2) is 36.2 Å². The molecule has 18 heavy (non-hydrogen) atoms. The lowest BCUT2D eigenvalue weighted by atomic mass is 9.94. The molecule has 1 aliphatic heterocycles. The lowest BCUT2D eigenvalue weighted by Crippen LogP contribution is -2.44. The molecule has 0 amide bonds. The number of hydrogen-bond donors (Lipinski definition) is 2. The first-order chi connectivity index (χ1) is 8.63. The van der Waals surface area contributed by atoms with E-state index >= 15 is 0 Å². The van der Waals surface area contributed by atoms with Crippen LogP contribution in [0.15, 0.2) is 24.8 Å². The molecule has 1 aliphatic rings. The standard InChI is InChI=1S/C15H22N2O/c1-4-14(17-7-5-16-6-8-17)15-11(2)9-13(18)10-12(15)3/h4,9-10,14,16,18H,1,5-8H2,2-3H3/t14-/m0/s1. The predicted octanol–water partition coefficient (Wildman–Crippen LogP) is 2.14. The van der Waals surface area contributed by atoms with Crippen LogP contribution in [0, 0.1) is 13.8 Å². The van der Waals surface area contributed by atoms with Crippen LogP contribution < -0.4 is 5.32 Å². The van der Waals surface area contributed by atoms with E-state index in [0.717, 1.165) is 37.3 Å². The van der Waals surface area contributed by atoms with E-state index in [1.54, 1.807) is 0 Å². The molecule has 2 N–H and O–H groups in total. The third kappa shape index (κ3) is 2.57. The molecule has 0 spiro atoms. The van der Waals surface area contributed by atoms with Gasteiger partial charge in [-0.15, -0.1) is 6.58 Å². The van der Waals surface area contributed by atoms with E-state index < -0.39 is 0 Å². The van der Waals surface area contributed by atoms with Crippen molar-refractivity contribution in [3.63, 3.8) is 0 Å². The number of piperazine rings is 1. The first-order valence-corrected chi connectivity index (χ1v) is 6.51. The highest BCUT2D eigenvalue weighted by atomic mass is 16.3. The molecule has 98 valence electrons. The third-order valence-corrected chi connectivity index (χ3v) is 3.64. The summed E-state index contributed by atoms with van der Waals surface area (Å²) in [6.45, 7) is 12.2. The topological polar surface area (TPSA) is 35.5 Å². The van der Waals surface area contributed by atoms with Crippen molar-refractivity contribution in [3.8, 4) is 5.75 Å². The Bertz CT molecular complexity index is 413. The summed E-state index contributed by atoms with van der Waals surface area (Å²) in [5.41, 5.74) is 3.55. The van der Waals surface area contributed by atoms with Crippen molar-refractivity contribution in [1.29, 1.82) is 0 Å².